The normalized spacial score (nSPS) is 25.5. The molecule has 4 nitrogen and oxygen atoms in total. The van der Waals surface area contributed by atoms with Crippen LogP contribution >= 0.6 is 11.6 Å². The van der Waals surface area contributed by atoms with Crippen molar-refractivity contribution in [3.63, 3.8) is 0 Å². The third-order valence-electron chi connectivity index (χ3n) is 3.40. The zero-order valence-corrected chi connectivity index (χ0v) is 12.0. The van der Waals surface area contributed by atoms with Crippen LogP contribution in [-0.2, 0) is 10.0 Å². The van der Waals surface area contributed by atoms with E-state index in [1.54, 1.807) is 0 Å². The highest BCUT2D eigenvalue weighted by atomic mass is 35.5. The second kappa shape index (κ2) is 5.36. The molecule has 106 valence electrons. The molecule has 1 aromatic rings. The molecule has 0 aliphatic carbocycles. The van der Waals surface area contributed by atoms with Crippen molar-refractivity contribution < 1.29 is 17.9 Å². The number of piperidine rings is 1. The number of hydrogen-bond acceptors (Lipinski definition) is 3. The molecule has 1 N–H and O–H groups in total. The van der Waals surface area contributed by atoms with Gasteiger partial charge in [-0.1, -0.05) is 24.6 Å². The summed E-state index contributed by atoms with van der Waals surface area (Å²) in [5, 5.41) is 9.62. The first-order valence-electron chi connectivity index (χ1n) is 5.96. The highest BCUT2D eigenvalue weighted by Gasteiger charge is 2.35. The SMILES string of the molecule is C[C@@H]1CCN(S(=O)(=O)c2c(F)cccc2Cl)C[C@H]1O. The molecule has 7 heteroatoms. The Morgan fingerprint density at radius 2 is 2.16 bits per heavy atom. The Hall–Kier alpha value is -0.690. The third kappa shape index (κ3) is 2.76. The van der Waals surface area contributed by atoms with Crippen LogP contribution in [0.25, 0.3) is 0 Å². The van der Waals surface area contributed by atoms with Crippen LogP contribution in [-0.4, -0.2) is 37.0 Å². The molecule has 2 rings (SSSR count). The number of aliphatic hydroxyl groups excluding tert-OH is 1. The lowest BCUT2D eigenvalue weighted by atomic mass is 9.98. The number of benzene rings is 1. The molecule has 2 atom stereocenters. The van der Waals surface area contributed by atoms with Gasteiger partial charge in [-0.2, -0.15) is 4.31 Å². The summed E-state index contributed by atoms with van der Waals surface area (Å²) in [5.41, 5.74) is 0. The highest BCUT2D eigenvalue weighted by molar-refractivity contribution is 7.89. The van der Waals surface area contributed by atoms with E-state index in [1.807, 2.05) is 6.92 Å². The van der Waals surface area contributed by atoms with E-state index in [1.165, 1.54) is 12.1 Å². The van der Waals surface area contributed by atoms with Crippen LogP contribution in [0.1, 0.15) is 13.3 Å². The second-order valence-corrected chi connectivity index (χ2v) is 7.03. The van der Waals surface area contributed by atoms with Gasteiger partial charge in [0.1, 0.15) is 10.7 Å². The summed E-state index contributed by atoms with van der Waals surface area (Å²) >= 11 is 5.79. The Kier molecular flexibility index (Phi) is 4.15. The van der Waals surface area contributed by atoms with Gasteiger partial charge in [0.25, 0.3) is 0 Å². The van der Waals surface area contributed by atoms with Gasteiger partial charge in [-0.15, -0.1) is 0 Å². The molecular formula is C12H15ClFNO3S. The van der Waals surface area contributed by atoms with Crippen LogP contribution < -0.4 is 0 Å². The van der Waals surface area contributed by atoms with E-state index in [4.69, 9.17) is 11.6 Å². The first-order valence-corrected chi connectivity index (χ1v) is 7.78. The van der Waals surface area contributed by atoms with Crippen LogP contribution in [0.5, 0.6) is 0 Å². The maximum absolute atomic E-state index is 13.7. The monoisotopic (exact) mass is 307 g/mol. The number of rotatable bonds is 2. The fourth-order valence-corrected chi connectivity index (χ4v) is 4.13. The third-order valence-corrected chi connectivity index (χ3v) is 5.77. The Balaban J connectivity index is 2.38. The average Bonchev–Trinajstić information content (AvgIpc) is 2.32. The lowest BCUT2D eigenvalue weighted by molar-refractivity contribution is 0.0604. The maximum atomic E-state index is 13.7. The van der Waals surface area contributed by atoms with Gasteiger partial charge < -0.3 is 5.11 Å². The summed E-state index contributed by atoms with van der Waals surface area (Å²) in [6.07, 6.45) is -0.207. The van der Waals surface area contributed by atoms with Gasteiger partial charge in [-0.05, 0) is 24.5 Å². The fourth-order valence-electron chi connectivity index (χ4n) is 2.10. The molecule has 0 bridgehead atoms. The fraction of sp³-hybridized carbons (Fsp3) is 0.500. The summed E-state index contributed by atoms with van der Waals surface area (Å²) in [6, 6.07) is 3.74. The average molecular weight is 308 g/mol. The minimum Gasteiger partial charge on any atom is -0.391 e. The molecule has 0 amide bonds. The number of hydrogen-bond donors (Lipinski definition) is 1. The van der Waals surface area contributed by atoms with Gasteiger partial charge in [-0.3, -0.25) is 0 Å². The summed E-state index contributed by atoms with van der Waals surface area (Å²) in [6.45, 7) is 2.07. The zero-order valence-electron chi connectivity index (χ0n) is 10.4. The predicted molar refractivity (Wildman–Crippen MR) is 70.0 cm³/mol. The van der Waals surface area contributed by atoms with Crippen molar-refractivity contribution >= 4 is 21.6 Å². The second-order valence-electron chi connectivity index (χ2n) is 4.75. The zero-order chi connectivity index (χ0) is 14.2. The molecule has 19 heavy (non-hydrogen) atoms. The number of halogens is 2. The van der Waals surface area contributed by atoms with Crippen molar-refractivity contribution in [1.29, 1.82) is 0 Å². The molecule has 1 aliphatic rings. The Morgan fingerprint density at radius 3 is 2.74 bits per heavy atom. The van der Waals surface area contributed by atoms with Crippen molar-refractivity contribution in [2.45, 2.75) is 24.3 Å². The van der Waals surface area contributed by atoms with Gasteiger partial charge in [0.05, 0.1) is 11.1 Å². The van der Waals surface area contributed by atoms with E-state index in [9.17, 15) is 17.9 Å². The van der Waals surface area contributed by atoms with E-state index < -0.39 is 26.8 Å². The maximum Gasteiger partial charge on any atom is 0.247 e. The van der Waals surface area contributed by atoms with E-state index >= 15 is 0 Å². The van der Waals surface area contributed by atoms with E-state index in [0.29, 0.717) is 6.42 Å². The molecule has 0 unspecified atom stereocenters. The van der Waals surface area contributed by atoms with E-state index in [0.717, 1.165) is 10.4 Å². The lowest BCUT2D eigenvalue weighted by Gasteiger charge is -2.33. The van der Waals surface area contributed by atoms with Crippen LogP contribution in [0, 0.1) is 11.7 Å². The Labute approximate surface area is 116 Å². The summed E-state index contributed by atoms with van der Waals surface area (Å²) in [4.78, 5) is -0.515. The number of aliphatic hydroxyl groups is 1. The largest absolute Gasteiger partial charge is 0.391 e. The molecule has 0 radical (unpaired) electrons. The number of nitrogens with zero attached hydrogens (tertiary/aromatic N) is 1. The molecule has 1 heterocycles. The predicted octanol–water partition coefficient (Wildman–Crippen LogP) is 1.87. The van der Waals surface area contributed by atoms with Crippen LogP contribution in [0.2, 0.25) is 5.02 Å². The molecular weight excluding hydrogens is 293 g/mol. The first-order chi connectivity index (χ1) is 8.84. The standard InChI is InChI=1S/C12H15ClFNO3S/c1-8-5-6-15(7-11(8)16)19(17,18)12-9(13)3-2-4-10(12)14/h2-4,8,11,16H,5-7H2,1H3/t8-,11-/m1/s1. The van der Waals surface area contributed by atoms with E-state index in [2.05, 4.69) is 0 Å². The molecule has 1 aliphatic heterocycles. The van der Waals surface area contributed by atoms with Crippen LogP contribution in [0.4, 0.5) is 4.39 Å². The smallest absolute Gasteiger partial charge is 0.247 e. The topological polar surface area (TPSA) is 57.6 Å². The lowest BCUT2D eigenvalue weighted by Crippen LogP contribution is -2.45. The van der Waals surface area contributed by atoms with Crippen molar-refractivity contribution in [3.8, 4) is 0 Å². The van der Waals surface area contributed by atoms with Gasteiger partial charge in [0.2, 0.25) is 10.0 Å². The van der Waals surface area contributed by atoms with Crippen molar-refractivity contribution in [2.75, 3.05) is 13.1 Å². The summed E-state index contributed by atoms with van der Waals surface area (Å²) in [5.74, 6) is -0.844. The molecule has 0 spiro atoms. The molecule has 1 aromatic carbocycles. The van der Waals surface area contributed by atoms with Crippen molar-refractivity contribution in [2.24, 2.45) is 5.92 Å². The van der Waals surface area contributed by atoms with E-state index in [-0.39, 0.29) is 24.0 Å². The minimum absolute atomic E-state index is 0.0301. The van der Waals surface area contributed by atoms with Gasteiger partial charge >= 0.3 is 0 Å². The van der Waals surface area contributed by atoms with Gasteiger partial charge in [-0.25, -0.2) is 12.8 Å². The summed E-state index contributed by atoms with van der Waals surface area (Å²) in [7, 11) is -4.01. The number of sulfonamides is 1. The Morgan fingerprint density at radius 1 is 1.47 bits per heavy atom. The van der Waals surface area contributed by atoms with Gasteiger partial charge in [0.15, 0.2) is 0 Å². The van der Waals surface area contributed by atoms with Crippen LogP contribution in [0.3, 0.4) is 0 Å². The minimum atomic E-state index is -4.01. The molecule has 1 fully saturated rings. The molecule has 1 saturated heterocycles. The molecule has 0 aromatic heterocycles. The van der Waals surface area contributed by atoms with Crippen LogP contribution in [0.15, 0.2) is 23.1 Å². The molecule has 0 saturated carbocycles. The van der Waals surface area contributed by atoms with Crippen molar-refractivity contribution in [1.82, 2.24) is 4.31 Å². The first kappa shape index (κ1) is 14.7. The number of β-amino-alcohol motifs (C(OH)–C–C–N with tert-alkyl or cyclic N) is 1. The summed E-state index contributed by atoms with van der Waals surface area (Å²) < 4.78 is 39.6. The van der Waals surface area contributed by atoms with Gasteiger partial charge in [0, 0.05) is 13.1 Å². The quantitative estimate of drug-likeness (QED) is 0.907. The van der Waals surface area contributed by atoms with Crippen molar-refractivity contribution in [3.05, 3.63) is 29.0 Å². The highest BCUT2D eigenvalue weighted by Crippen LogP contribution is 2.30. The Bertz CT molecular complexity index is 558.